The molecule has 0 amide bonds. The number of aryl methyl sites for hydroxylation is 3. The molecule has 0 fully saturated rings. The summed E-state index contributed by atoms with van der Waals surface area (Å²) in [5.41, 5.74) is 6.18. The number of aromatic nitrogens is 2. The van der Waals surface area contributed by atoms with Gasteiger partial charge in [0.25, 0.3) is 0 Å². The molecule has 0 aromatic carbocycles. The zero-order valence-electron chi connectivity index (χ0n) is 14.2. The Bertz CT molecular complexity index is 995. The van der Waals surface area contributed by atoms with E-state index in [1.165, 1.54) is 20.7 Å². The molecule has 0 radical (unpaired) electrons. The second-order valence-electron chi connectivity index (χ2n) is 6.11. The Labute approximate surface area is 144 Å². The van der Waals surface area contributed by atoms with Crippen molar-refractivity contribution in [2.45, 2.75) is 20.8 Å². The molecule has 24 heavy (non-hydrogen) atoms. The smallest absolute Gasteiger partial charge is 0.146 e. The van der Waals surface area contributed by atoms with Gasteiger partial charge in [0.15, 0.2) is 0 Å². The number of fused-ring (bicyclic) bond motifs is 1. The lowest BCUT2D eigenvalue weighted by atomic mass is 10.2. The fourth-order valence-electron chi connectivity index (χ4n) is 3.05. The second-order valence-corrected chi connectivity index (χ2v) is 7.37. The predicted molar refractivity (Wildman–Crippen MR) is 101 cm³/mol. The van der Waals surface area contributed by atoms with Crippen LogP contribution in [0.4, 0.5) is 0 Å². The molecule has 0 spiro atoms. The van der Waals surface area contributed by atoms with Gasteiger partial charge in [-0.05, 0) is 50.6 Å². The highest BCUT2D eigenvalue weighted by Gasteiger charge is 2.19. The molecule has 0 aliphatic carbocycles. The quantitative estimate of drug-likeness (QED) is 0.705. The maximum atomic E-state index is 5.52. The first-order valence-electron chi connectivity index (χ1n) is 7.85. The van der Waals surface area contributed by atoms with Crippen molar-refractivity contribution < 1.29 is 4.74 Å². The molecule has 5 heteroatoms. The number of nitrogens with zero attached hydrogens (tertiary/aromatic N) is 1. The maximum absolute atomic E-state index is 5.52. The minimum atomic E-state index is 0.783. The molecule has 0 atom stereocenters. The van der Waals surface area contributed by atoms with Gasteiger partial charge in [-0.15, -0.1) is 11.3 Å². The molecular formula is C19H19N3OS. The van der Waals surface area contributed by atoms with Crippen LogP contribution in [0.1, 0.15) is 27.5 Å². The number of nitrogens with one attached hydrogen (secondary N) is 2. The summed E-state index contributed by atoms with van der Waals surface area (Å²) in [6.45, 7) is 6.27. The SMILES string of the molecule is COC1=CC(c2cc3cc(C)sc3[nH]2)=NC1=Cc1[nH]c(C)cc1C. The van der Waals surface area contributed by atoms with Crippen molar-refractivity contribution in [2.75, 3.05) is 7.11 Å². The van der Waals surface area contributed by atoms with E-state index in [-0.39, 0.29) is 0 Å². The highest BCUT2D eigenvalue weighted by Crippen LogP contribution is 2.29. The molecule has 2 N–H and O–H groups in total. The molecule has 1 aliphatic heterocycles. The monoisotopic (exact) mass is 337 g/mol. The van der Waals surface area contributed by atoms with E-state index in [1.807, 2.05) is 12.2 Å². The van der Waals surface area contributed by atoms with Crippen molar-refractivity contribution in [2.24, 2.45) is 4.99 Å². The topological polar surface area (TPSA) is 53.2 Å². The van der Waals surface area contributed by atoms with Gasteiger partial charge in [0, 0.05) is 27.7 Å². The minimum absolute atomic E-state index is 0.783. The summed E-state index contributed by atoms with van der Waals surface area (Å²) in [6, 6.07) is 6.47. The van der Waals surface area contributed by atoms with Crippen molar-refractivity contribution >= 4 is 33.3 Å². The zero-order chi connectivity index (χ0) is 16.8. The largest absolute Gasteiger partial charge is 0.494 e. The van der Waals surface area contributed by atoms with Gasteiger partial charge < -0.3 is 14.7 Å². The van der Waals surface area contributed by atoms with Crippen LogP contribution in [-0.4, -0.2) is 22.8 Å². The van der Waals surface area contributed by atoms with E-state index in [1.54, 1.807) is 18.4 Å². The molecule has 0 unspecified atom stereocenters. The van der Waals surface area contributed by atoms with E-state index in [2.05, 4.69) is 48.9 Å². The Hall–Kier alpha value is -2.53. The Kier molecular flexibility index (Phi) is 3.46. The molecule has 4 nitrogen and oxygen atoms in total. The lowest BCUT2D eigenvalue weighted by molar-refractivity contribution is 0.303. The minimum Gasteiger partial charge on any atom is -0.494 e. The average Bonchev–Trinajstić information content (AvgIpc) is 3.23. The molecule has 0 saturated heterocycles. The Morgan fingerprint density at radius 2 is 1.96 bits per heavy atom. The summed E-state index contributed by atoms with van der Waals surface area (Å²) in [5.74, 6) is 0.783. The van der Waals surface area contributed by atoms with Crippen LogP contribution in [0.25, 0.3) is 16.3 Å². The molecule has 3 aromatic rings. The summed E-state index contributed by atoms with van der Waals surface area (Å²) in [5, 5.41) is 1.23. The summed E-state index contributed by atoms with van der Waals surface area (Å²) in [7, 11) is 1.68. The third kappa shape index (κ3) is 2.51. The van der Waals surface area contributed by atoms with Gasteiger partial charge in [0.1, 0.15) is 16.3 Å². The fraction of sp³-hybridized carbons (Fsp3) is 0.211. The number of H-pyrrole nitrogens is 2. The number of methoxy groups -OCH3 is 1. The van der Waals surface area contributed by atoms with Crippen molar-refractivity contribution in [1.29, 1.82) is 0 Å². The Balaban J connectivity index is 1.75. The van der Waals surface area contributed by atoms with Crippen LogP contribution in [-0.2, 0) is 4.74 Å². The molecule has 122 valence electrons. The average molecular weight is 337 g/mol. The van der Waals surface area contributed by atoms with Gasteiger partial charge in [-0.2, -0.15) is 0 Å². The first-order chi connectivity index (χ1) is 11.5. The lowest BCUT2D eigenvalue weighted by Crippen LogP contribution is -1.93. The van der Waals surface area contributed by atoms with E-state index < -0.39 is 0 Å². The number of aliphatic imine (C=N–C) groups is 1. The van der Waals surface area contributed by atoms with Crippen LogP contribution < -0.4 is 0 Å². The van der Waals surface area contributed by atoms with Gasteiger partial charge in [-0.3, -0.25) is 0 Å². The molecule has 0 saturated carbocycles. The molecular weight excluding hydrogens is 318 g/mol. The van der Waals surface area contributed by atoms with E-state index in [0.29, 0.717) is 0 Å². The van der Waals surface area contributed by atoms with Gasteiger partial charge >= 0.3 is 0 Å². The highest BCUT2D eigenvalue weighted by atomic mass is 32.1. The molecule has 1 aliphatic rings. The standard InChI is InChI=1S/C19H19N3OS/c1-10-5-11(2)20-14(10)8-17-18(23-4)9-16(21-17)15-7-13-6-12(3)24-19(13)22-15/h5-9,20,22H,1-4H3. The van der Waals surface area contributed by atoms with E-state index >= 15 is 0 Å². The van der Waals surface area contributed by atoms with Crippen molar-refractivity contribution in [1.82, 2.24) is 9.97 Å². The van der Waals surface area contributed by atoms with Gasteiger partial charge in [0.05, 0.1) is 18.5 Å². The van der Waals surface area contributed by atoms with E-state index in [4.69, 9.17) is 9.73 Å². The maximum Gasteiger partial charge on any atom is 0.146 e. The van der Waals surface area contributed by atoms with Crippen LogP contribution in [0.2, 0.25) is 0 Å². The number of hydrogen-bond acceptors (Lipinski definition) is 3. The summed E-state index contributed by atoms with van der Waals surface area (Å²) >= 11 is 1.76. The Morgan fingerprint density at radius 3 is 2.62 bits per heavy atom. The predicted octanol–water partition coefficient (Wildman–Crippen LogP) is 4.86. The van der Waals surface area contributed by atoms with Gasteiger partial charge in [0.2, 0.25) is 0 Å². The van der Waals surface area contributed by atoms with Crippen LogP contribution in [0.3, 0.4) is 0 Å². The van der Waals surface area contributed by atoms with Crippen LogP contribution in [0.5, 0.6) is 0 Å². The number of ether oxygens (including phenoxy) is 1. The van der Waals surface area contributed by atoms with Crippen molar-refractivity contribution in [3.8, 4) is 0 Å². The van der Waals surface area contributed by atoms with Gasteiger partial charge in [-0.25, -0.2) is 4.99 Å². The normalized spacial score (nSPS) is 16.1. The van der Waals surface area contributed by atoms with E-state index in [9.17, 15) is 0 Å². The summed E-state index contributed by atoms with van der Waals surface area (Å²) in [6.07, 6.45) is 4.03. The molecule has 4 rings (SSSR count). The lowest BCUT2D eigenvalue weighted by Gasteiger charge is -2.01. The van der Waals surface area contributed by atoms with Crippen LogP contribution >= 0.6 is 11.3 Å². The highest BCUT2D eigenvalue weighted by molar-refractivity contribution is 7.18. The Morgan fingerprint density at radius 1 is 1.12 bits per heavy atom. The summed E-state index contributed by atoms with van der Waals surface area (Å²) < 4.78 is 5.52. The number of allylic oxidation sites excluding steroid dienone is 1. The summed E-state index contributed by atoms with van der Waals surface area (Å²) in [4.78, 5) is 14.1. The third-order valence-electron chi connectivity index (χ3n) is 4.16. The molecule has 3 aromatic heterocycles. The number of rotatable bonds is 3. The first-order valence-corrected chi connectivity index (χ1v) is 8.67. The van der Waals surface area contributed by atoms with Crippen LogP contribution in [0.15, 0.2) is 40.7 Å². The third-order valence-corrected chi connectivity index (χ3v) is 5.14. The second kappa shape index (κ2) is 5.53. The molecule has 4 heterocycles. The fourth-order valence-corrected chi connectivity index (χ4v) is 3.95. The van der Waals surface area contributed by atoms with Gasteiger partial charge in [-0.1, -0.05) is 0 Å². The van der Waals surface area contributed by atoms with Crippen LogP contribution in [0, 0.1) is 20.8 Å². The zero-order valence-corrected chi connectivity index (χ0v) is 15.0. The number of aromatic amines is 2. The van der Waals surface area contributed by atoms with Crippen molar-refractivity contribution in [3.05, 3.63) is 63.3 Å². The number of thiophene rings is 1. The van der Waals surface area contributed by atoms with E-state index in [0.717, 1.165) is 34.2 Å². The molecule has 0 bridgehead atoms. The van der Waals surface area contributed by atoms with Crippen molar-refractivity contribution in [3.63, 3.8) is 0 Å². The first kappa shape index (κ1) is 15.0. The number of hydrogen-bond donors (Lipinski definition) is 2.